The topological polar surface area (TPSA) is 77.5 Å². The molecule has 6 nitrogen and oxygen atoms in total. The molecule has 0 aliphatic heterocycles. The number of benzene rings is 2. The van der Waals surface area contributed by atoms with E-state index in [1.54, 1.807) is 25.3 Å². The lowest BCUT2D eigenvalue weighted by molar-refractivity contribution is -0.116. The van der Waals surface area contributed by atoms with Crippen LogP contribution in [0.1, 0.15) is 23.2 Å². The fourth-order valence-corrected chi connectivity index (χ4v) is 3.61. The van der Waals surface area contributed by atoms with Gasteiger partial charge in [-0.3, -0.25) is 9.59 Å². The van der Waals surface area contributed by atoms with E-state index in [1.807, 2.05) is 18.2 Å². The fourth-order valence-electron chi connectivity index (χ4n) is 2.53. The van der Waals surface area contributed by atoms with Crippen molar-refractivity contribution >= 4 is 50.0 Å². The molecule has 0 bridgehead atoms. The summed E-state index contributed by atoms with van der Waals surface area (Å²) in [5.74, 6) is 0.670. The monoisotopic (exact) mass is 404 g/mol. The van der Waals surface area contributed by atoms with Gasteiger partial charge in [0, 0.05) is 17.9 Å². The second kappa shape index (κ2) is 8.37. The van der Waals surface area contributed by atoms with E-state index in [4.69, 9.17) is 21.1 Å². The highest BCUT2D eigenvalue weighted by Gasteiger charge is 2.15. The molecule has 3 rings (SSSR count). The number of halogens is 1. The first-order chi connectivity index (χ1) is 13.0. The third-order valence-electron chi connectivity index (χ3n) is 3.88. The van der Waals surface area contributed by atoms with Gasteiger partial charge in [-0.05, 0) is 36.4 Å². The van der Waals surface area contributed by atoms with E-state index in [0.29, 0.717) is 21.5 Å². The zero-order valence-corrected chi connectivity index (χ0v) is 16.3. The van der Waals surface area contributed by atoms with Crippen LogP contribution in [-0.4, -0.2) is 30.9 Å². The van der Waals surface area contributed by atoms with Gasteiger partial charge in [-0.1, -0.05) is 22.9 Å². The fraction of sp³-hybridized carbons (Fsp3) is 0.211. The average Bonchev–Trinajstić information content (AvgIpc) is 3.07. The lowest BCUT2D eigenvalue weighted by Gasteiger charge is -2.08. The van der Waals surface area contributed by atoms with Crippen molar-refractivity contribution in [2.45, 2.75) is 12.8 Å². The van der Waals surface area contributed by atoms with Crippen molar-refractivity contribution in [1.82, 2.24) is 4.98 Å². The highest BCUT2D eigenvalue weighted by molar-refractivity contribution is 7.22. The van der Waals surface area contributed by atoms with Crippen LogP contribution in [-0.2, 0) is 4.79 Å². The Kier molecular flexibility index (Phi) is 5.93. The van der Waals surface area contributed by atoms with Gasteiger partial charge in [0.15, 0.2) is 10.9 Å². The summed E-state index contributed by atoms with van der Waals surface area (Å²) < 4.78 is 11.3. The first kappa shape index (κ1) is 19.1. The Morgan fingerprint density at radius 3 is 2.67 bits per heavy atom. The van der Waals surface area contributed by atoms with Crippen LogP contribution in [0.3, 0.4) is 0 Å². The lowest BCUT2D eigenvalue weighted by atomic mass is 10.1. The van der Waals surface area contributed by atoms with Crippen LogP contribution in [0.2, 0.25) is 5.02 Å². The summed E-state index contributed by atoms with van der Waals surface area (Å²) in [4.78, 5) is 29.0. The maximum absolute atomic E-state index is 12.4. The predicted octanol–water partition coefficient (Wildman–Crippen LogP) is 4.57. The Bertz CT molecular complexity index is 1000. The molecule has 2 aromatic carbocycles. The number of nitrogens with one attached hydrogen (secondary N) is 1. The molecule has 0 unspecified atom stereocenters. The Morgan fingerprint density at radius 2 is 1.93 bits per heavy atom. The van der Waals surface area contributed by atoms with Crippen LogP contribution in [0, 0.1) is 0 Å². The van der Waals surface area contributed by atoms with Crippen LogP contribution < -0.4 is 14.8 Å². The Balaban J connectivity index is 1.63. The molecule has 1 heterocycles. The number of Topliss-reactive ketones (excluding diaryl/α,β-unsaturated/α-hetero) is 1. The summed E-state index contributed by atoms with van der Waals surface area (Å²) in [5, 5.41) is 3.65. The van der Waals surface area contributed by atoms with Crippen molar-refractivity contribution in [1.29, 1.82) is 0 Å². The van der Waals surface area contributed by atoms with Gasteiger partial charge in [-0.25, -0.2) is 4.98 Å². The second-order valence-electron chi connectivity index (χ2n) is 5.67. The number of hydrogen-bond donors (Lipinski definition) is 1. The molecule has 0 spiro atoms. The Hall–Kier alpha value is -2.64. The predicted molar refractivity (Wildman–Crippen MR) is 106 cm³/mol. The lowest BCUT2D eigenvalue weighted by Crippen LogP contribution is -2.13. The summed E-state index contributed by atoms with van der Waals surface area (Å²) in [5.41, 5.74) is 1.14. The van der Waals surface area contributed by atoms with Gasteiger partial charge >= 0.3 is 0 Å². The van der Waals surface area contributed by atoms with Crippen LogP contribution >= 0.6 is 22.9 Å². The maximum atomic E-state index is 12.4. The number of ketones is 1. The number of nitrogens with zero attached hydrogens (tertiary/aromatic N) is 1. The molecule has 0 aliphatic rings. The average molecular weight is 405 g/mol. The second-order valence-corrected chi connectivity index (χ2v) is 7.14. The normalized spacial score (nSPS) is 10.6. The number of aromatic nitrogens is 1. The quantitative estimate of drug-likeness (QED) is 0.583. The molecule has 0 atom stereocenters. The van der Waals surface area contributed by atoms with Crippen LogP contribution in [0.5, 0.6) is 11.5 Å². The number of carbonyl (C=O) groups is 2. The number of anilines is 1. The minimum Gasteiger partial charge on any atom is -0.497 e. The van der Waals surface area contributed by atoms with Crippen molar-refractivity contribution in [2.75, 3.05) is 19.5 Å². The zero-order chi connectivity index (χ0) is 19.4. The van der Waals surface area contributed by atoms with Crippen LogP contribution in [0.25, 0.3) is 10.2 Å². The van der Waals surface area contributed by atoms with E-state index in [0.717, 1.165) is 16.0 Å². The molecule has 8 heteroatoms. The van der Waals surface area contributed by atoms with E-state index in [-0.39, 0.29) is 24.5 Å². The highest BCUT2D eigenvalue weighted by Crippen LogP contribution is 2.29. The maximum Gasteiger partial charge on any atom is 0.226 e. The van der Waals surface area contributed by atoms with Crippen LogP contribution in [0.15, 0.2) is 36.4 Å². The van der Waals surface area contributed by atoms with Gasteiger partial charge in [0.1, 0.15) is 11.5 Å². The highest BCUT2D eigenvalue weighted by atomic mass is 35.5. The van der Waals surface area contributed by atoms with Crippen LogP contribution in [0.4, 0.5) is 5.13 Å². The van der Waals surface area contributed by atoms with Crippen molar-refractivity contribution in [3.63, 3.8) is 0 Å². The number of carbonyl (C=O) groups excluding carboxylic acids is 2. The number of methoxy groups -OCH3 is 2. The molecule has 0 saturated carbocycles. The molecule has 27 heavy (non-hydrogen) atoms. The summed E-state index contributed by atoms with van der Waals surface area (Å²) in [6, 6.07) is 10.3. The number of ether oxygens (including phenoxy) is 2. The SMILES string of the molecule is COc1ccc2nc(NC(=O)CCC(=O)c3cc(Cl)ccc3OC)sc2c1. The summed E-state index contributed by atoms with van der Waals surface area (Å²) in [6.45, 7) is 0. The standard InChI is InChI=1S/C19H17ClN2O4S/c1-25-12-4-5-14-17(10-12)27-19(21-14)22-18(24)8-6-15(23)13-9-11(20)3-7-16(13)26-2/h3-5,7,9-10H,6,8H2,1-2H3,(H,21,22,24). The van der Waals surface area contributed by atoms with E-state index < -0.39 is 0 Å². The number of amides is 1. The summed E-state index contributed by atoms with van der Waals surface area (Å²) >= 11 is 7.29. The first-order valence-corrected chi connectivity index (χ1v) is 9.31. The molecular weight excluding hydrogens is 388 g/mol. The minimum absolute atomic E-state index is 0.0355. The number of fused-ring (bicyclic) bond motifs is 1. The van der Waals surface area contributed by atoms with Crippen molar-refractivity contribution < 1.29 is 19.1 Å². The number of hydrogen-bond acceptors (Lipinski definition) is 6. The molecule has 3 aromatic rings. The smallest absolute Gasteiger partial charge is 0.226 e. The van der Waals surface area contributed by atoms with Gasteiger partial charge in [0.2, 0.25) is 5.91 Å². The molecule has 1 amide bonds. The van der Waals surface area contributed by atoms with Crippen molar-refractivity contribution in [3.8, 4) is 11.5 Å². The molecule has 0 fully saturated rings. The third kappa shape index (κ3) is 4.56. The Labute approximate surface area is 165 Å². The van der Waals surface area contributed by atoms with Gasteiger partial charge in [-0.2, -0.15) is 0 Å². The first-order valence-electron chi connectivity index (χ1n) is 8.11. The van der Waals surface area contributed by atoms with Gasteiger partial charge in [0.05, 0.1) is 30.0 Å². The number of thiazole rings is 1. The molecular formula is C19H17ClN2O4S. The van der Waals surface area contributed by atoms with Gasteiger partial charge in [0.25, 0.3) is 0 Å². The van der Waals surface area contributed by atoms with Crippen molar-refractivity contribution in [3.05, 3.63) is 47.0 Å². The summed E-state index contributed by atoms with van der Waals surface area (Å²) in [6.07, 6.45) is 0.0784. The Morgan fingerprint density at radius 1 is 1.11 bits per heavy atom. The van der Waals surface area contributed by atoms with Gasteiger partial charge < -0.3 is 14.8 Å². The molecule has 140 valence electrons. The molecule has 0 saturated heterocycles. The largest absolute Gasteiger partial charge is 0.497 e. The molecule has 0 aliphatic carbocycles. The molecule has 1 aromatic heterocycles. The van der Waals surface area contributed by atoms with Crippen molar-refractivity contribution in [2.24, 2.45) is 0 Å². The van der Waals surface area contributed by atoms with E-state index in [1.165, 1.54) is 18.4 Å². The molecule has 0 radical (unpaired) electrons. The van der Waals surface area contributed by atoms with E-state index in [2.05, 4.69) is 10.3 Å². The molecule has 1 N–H and O–H groups in total. The zero-order valence-electron chi connectivity index (χ0n) is 14.7. The van der Waals surface area contributed by atoms with E-state index in [9.17, 15) is 9.59 Å². The third-order valence-corrected chi connectivity index (χ3v) is 5.05. The minimum atomic E-state index is -0.282. The van der Waals surface area contributed by atoms with E-state index >= 15 is 0 Å². The van der Waals surface area contributed by atoms with Gasteiger partial charge in [-0.15, -0.1) is 0 Å². The summed E-state index contributed by atoms with van der Waals surface area (Å²) in [7, 11) is 3.08. The number of rotatable bonds is 7.